The topological polar surface area (TPSA) is 12.0 Å². The van der Waals surface area contributed by atoms with Crippen LogP contribution in [0.4, 0.5) is 10.1 Å². The van der Waals surface area contributed by atoms with Crippen LogP contribution in [0.2, 0.25) is 10.0 Å². The van der Waals surface area contributed by atoms with Gasteiger partial charge in [-0.2, -0.15) is 0 Å². The summed E-state index contributed by atoms with van der Waals surface area (Å²) < 4.78 is 13.7. The SMILES string of the molecule is CC1(CNc2c(F)ccc(Cl)c2Cl)CC2C[C@H]2C1. The summed E-state index contributed by atoms with van der Waals surface area (Å²) in [5, 5.41) is 3.82. The molecule has 1 aromatic rings. The van der Waals surface area contributed by atoms with Crippen molar-refractivity contribution in [3.05, 3.63) is 28.0 Å². The Hall–Kier alpha value is -0.470. The van der Waals surface area contributed by atoms with Gasteiger partial charge in [0.1, 0.15) is 5.82 Å². The van der Waals surface area contributed by atoms with E-state index in [0.717, 1.165) is 18.4 Å². The second-order valence-corrected chi connectivity index (χ2v) is 6.83. The molecule has 2 unspecified atom stereocenters. The summed E-state index contributed by atoms with van der Waals surface area (Å²) in [6.07, 6.45) is 3.87. The lowest BCUT2D eigenvalue weighted by Gasteiger charge is -2.27. The van der Waals surface area contributed by atoms with Gasteiger partial charge < -0.3 is 5.32 Å². The second-order valence-electron chi connectivity index (χ2n) is 6.05. The number of hydrogen-bond donors (Lipinski definition) is 1. The average Bonchev–Trinajstić information content (AvgIpc) is 2.93. The molecule has 0 saturated heterocycles. The van der Waals surface area contributed by atoms with Gasteiger partial charge in [-0.25, -0.2) is 4.39 Å². The molecule has 0 aliphatic heterocycles. The van der Waals surface area contributed by atoms with E-state index in [1.165, 1.54) is 31.4 Å². The van der Waals surface area contributed by atoms with Gasteiger partial charge in [-0.1, -0.05) is 30.1 Å². The van der Waals surface area contributed by atoms with Gasteiger partial charge in [-0.15, -0.1) is 0 Å². The van der Waals surface area contributed by atoms with Gasteiger partial charge in [0.05, 0.1) is 15.7 Å². The highest BCUT2D eigenvalue weighted by Crippen LogP contribution is 2.59. The standard InChI is InChI=1S/C14H16Cl2FN/c1-14(5-8-4-9(8)6-14)7-18-13-11(17)3-2-10(15)12(13)16/h2-3,8-9,18H,4-7H2,1H3/t8-,9?,14?/m0/s1. The zero-order chi connectivity index (χ0) is 12.9. The predicted molar refractivity (Wildman–Crippen MR) is 73.8 cm³/mol. The molecule has 0 spiro atoms. The Kier molecular flexibility index (Phi) is 2.98. The van der Waals surface area contributed by atoms with Crippen LogP contribution < -0.4 is 5.32 Å². The molecule has 0 heterocycles. The fourth-order valence-corrected chi connectivity index (χ4v) is 3.67. The summed E-state index contributed by atoms with van der Waals surface area (Å²) in [6, 6.07) is 2.84. The lowest BCUT2D eigenvalue weighted by molar-refractivity contribution is 0.321. The molecule has 0 amide bonds. The number of halogens is 3. The average molecular weight is 288 g/mol. The molecule has 0 aromatic heterocycles. The van der Waals surface area contributed by atoms with Crippen LogP contribution in [0.5, 0.6) is 0 Å². The minimum Gasteiger partial charge on any atom is -0.381 e. The first kappa shape index (κ1) is 12.6. The monoisotopic (exact) mass is 287 g/mol. The van der Waals surface area contributed by atoms with Crippen LogP contribution in [-0.4, -0.2) is 6.54 Å². The van der Waals surface area contributed by atoms with E-state index in [4.69, 9.17) is 23.2 Å². The third-order valence-corrected chi connectivity index (χ3v) is 5.12. The quantitative estimate of drug-likeness (QED) is 0.773. The van der Waals surface area contributed by atoms with Crippen LogP contribution in [0.25, 0.3) is 0 Å². The smallest absolute Gasteiger partial charge is 0.147 e. The molecule has 0 radical (unpaired) electrons. The summed E-state index contributed by atoms with van der Waals surface area (Å²) in [7, 11) is 0. The predicted octanol–water partition coefficient (Wildman–Crippen LogP) is 4.98. The van der Waals surface area contributed by atoms with Crippen LogP contribution in [-0.2, 0) is 0 Å². The molecular formula is C14H16Cl2FN. The Morgan fingerprint density at radius 3 is 2.67 bits per heavy atom. The first-order chi connectivity index (χ1) is 8.48. The Morgan fingerprint density at radius 2 is 2.00 bits per heavy atom. The van der Waals surface area contributed by atoms with Crippen molar-refractivity contribution < 1.29 is 4.39 Å². The van der Waals surface area contributed by atoms with Crippen molar-refractivity contribution in [2.24, 2.45) is 17.3 Å². The van der Waals surface area contributed by atoms with E-state index in [1.54, 1.807) is 0 Å². The Balaban J connectivity index is 1.71. The van der Waals surface area contributed by atoms with E-state index in [2.05, 4.69) is 12.2 Å². The summed E-state index contributed by atoms with van der Waals surface area (Å²) >= 11 is 11.9. The normalized spacial score (nSPS) is 33.3. The van der Waals surface area contributed by atoms with E-state index in [9.17, 15) is 4.39 Å². The second kappa shape index (κ2) is 4.28. The van der Waals surface area contributed by atoms with E-state index in [1.807, 2.05) is 0 Å². The van der Waals surface area contributed by atoms with Gasteiger partial charge in [0.2, 0.25) is 0 Å². The van der Waals surface area contributed by atoms with Crippen molar-refractivity contribution in [2.75, 3.05) is 11.9 Å². The molecule has 4 heteroatoms. The maximum absolute atomic E-state index is 13.7. The van der Waals surface area contributed by atoms with Crippen molar-refractivity contribution in [3.63, 3.8) is 0 Å². The number of nitrogens with one attached hydrogen (secondary N) is 1. The van der Waals surface area contributed by atoms with Crippen molar-refractivity contribution in [2.45, 2.75) is 26.2 Å². The van der Waals surface area contributed by atoms with E-state index in [0.29, 0.717) is 10.7 Å². The molecule has 2 aliphatic carbocycles. The van der Waals surface area contributed by atoms with Crippen LogP contribution in [0, 0.1) is 23.1 Å². The number of fused-ring (bicyclic) bond motifs is 1. The van der Waals surface area contributed by atoms with Crippen LogP contribution in [0.3, 0.4) is 0 Å². The lowest BCUT2D eigenvalue weighted by atomic mass is 9.85. The van der Waals surface area contributed by atoms with Gasteiger partial charge in [0.15, 0.2) is 0 Å². The molecule has 98 valence electrons. The first-order valence-electron chi connectivity index (χ1n) is 6.36. The van der Waals surface area contributed by atoms with Crippen LogP contribution in [0.15, 0.2) is 12.1 Å². The van der Waals surface area contributed by atoms with Gasteiger partial charge in [0.25, 0.3) is 0 Å². The van der Waals surface area contributed by atoms with Crippen molar-refractivity contribution in [1.82, 2.24) is 0 Å². The molecule has 2 fully saturated rings. The van der Waals surface area contributed by atoms with Gasteiger partial charge in [-0.05, 0) is 48.6 Å². The Labute approximate surface area is 117 Å². The molecule has 2 saturated carbocycles. The van der Waals surface area contributed by atoms with E-state index >= 15 is 0 Å². The van der Waals surface area contributed by atoms with Gasteiger partial charge >= 0.3 is 0 Å². The van der Waals surface area contributed by atoms with E-state index in [-0.39, 0.29) is 16.3 Å². The molecule has 0 bridgehead atoms. The molecule has 1 aromatic carbocycles. The zero-order valence-corrected chi connectivity index (χ0v) is 11.8. The molecular weight excluding hydrogens is 272 g/mol. The maximum Gasteiger partial charge on any atom is 0.147 e. The zero-order valence-electron chi connectivity index (χ0n) is 10.3. The first-order valence-corrected chi connectivity index (χ1v) is 7.11. The van der Waals surface area contributed by atoms with Crippen LogP contribution >= 0.6 is 23.2 Å². The van der Waals surface area contributed by atoms with Crippen LogP contribution in [0.1, 0.15) is 26.2 Å². The number of rotatable bonds is 3. The lowest BCUT2D eigenvalue weighted by Crippen LogP contribution is -2.25. The number of anilines is 1. The third kappa shape index (κ3) is 2.21. The fraction of sp³-hybridized carbons (Fsp3) is 0.571. The highest BCUT2D eigenvalue weighted by molar-refractivity contribution is 6.43. The Bertz CT molecular complexity index is 479. The highest BCUT2D eigenvalue weighted by atomic mass is 35.5. The van der Waals surface area contributed by atoms with Gasteiger partial charge in [0, 0.05) is 6.54 Å². The maximum atomic E-state index is 13.7. The largest absolute Gasteiger partial charge is 0.381 e. The minimum atomic E-state index is -0.337. The van der Waals surface area contributed by atoms with Crippen molar-refractivity contribution in [3.8, 4) is 0 Å². The molecule has 2 aliphatic rings. The molecule has 3 atom stereocenters. The Morgan fingerprint density at radius 1 is 1.33 bits per heavy atom. The highest BCUT2D eigenvalue weighted by Gasteiger charge is 2.51. The summed E-state index contributed by atoms with van der Waals surface area (Å²) in [5.41, 5.74) is 0.608. The minimum absolute atomic E-state index is 0.270. The number of hydrogen-bond acceptors (Lipinski definition) is 1. The number of benzene rings is 1. The molecule has 18 heavy (non-hydrogen) atoms. The summed E-state index contributed by atoms with van der Waals surface area (Å²) in [6.45, 7) is 3.03. The molecule has 3 rings (SSSR count). The van der Waals surface area contributed by atoms with E-state index < -0.39 is 0 Å². The molecule has 1 nitrogen and oxygen atoms in total. The van der Waals surface area contributed by atoms with Gasteiger partial charge in [-0.3, -0.25) is 0 Å². The summed E-state index contributed by atoms with van der Waals surface area (Å²) in [4.78, 5) is 0. The van der Waals surface area contributed by atoms with Crippen molar-refractivity contribution in [1.29, 1.82) is 0 Å². The summed E-state index contributed by atoms with van der Waals surface area (Å²) in [5.74, 6) is 1.49. The third-order valence-electron chi connectivity index (χ3n) is 4.31. The fourth-order valence-electron chi connectivity index (χ4n) is 3.29. The molecule has 1 N–H and O–H groups in total. The van der Waals surface area contributed by atoms with Crippen molar-refractivity contribution >= 4 is 28.9 Å².